The molecule has 0 aliphatic rings. The summed E-state index contributed by atoms with van der Waals surface area (Å²) in [5.74, 6) is 0. The van der Waals surface area contributed by atoms with Crippen LogP contribution < -0.4 is 11.5 Å². The average Bonchev–Trinajstić information content (AvgIpc) is 3.25. The van der Waals surface area contributed by atoms with E-state index < -0.39 is 0 Å². The minimum atomic E-state index is 0.955. The number of hydrogen-bond acceptors (Lipinski definition) is 2. The van der Waals surface area contributed by atoms with Gasteiger partial charge in [-0.25, -0.2) is 0 Å². The van der Waals surface area contributed by atoms with Gasteiger partial charge in [0.2, 0.25) is 0 Å². The van der Waals surface area contributed by atoms with Crippen LogP contribution in [0.25, 0.3) is 0 Å². The summed E-state index contributed by atoms with van der Waals surface area (Å²) in [5.41, 5.74) is 25.7. The highest BCUT2D eigenvalue weighted by Gasteiger charge is 2.06. The molecule has 4 N–H and O–H groups in total. The fraction of sp³-hybridized carbons (Fsp3) is 0.579. The van der Waals surface area contributed by atoms with E-state index in [0.29, 0.717) is 0 Å². The first-order valence-corrected chi connectivity index (χ1v) is 24.9. The highest BCUT2D eigenvalue weighted by molar-refractivity contribution is 5.50. The molecule has 0 aromatic heterocycles. The summed E-state index contributed by atoms with van der Waals surface area (Å²) in [5, 5.41) is 0. The summed E-state index contributed by atoms with van der Waals surface area (Å²) in [7, 11) is 0. The van der Waals surface area contributed by atoms with Crippen LogP contribution in [-0.2, 0) is 38.5 Å². The lowest BCUT2D eigenvalue weighted by Crippen LogP contribution is -1.98. The van der Waals surface area contributed by atoms with Gasteiger partial charge in [-0.1, -0.05) is 221 Å². The number of hydrogen-bond donors (Lipinski definition) is 2. The Morgan fingerprint density at radius 2 is 0.525 bits per heavy atom. The smallest absolute Gasteiger partial charge is 0.0346 e. The number of nitrogen functional groups attached to an aromatic ring is 2. The maximum atomic E-state index is 6.29. The van der Waals surface area contributed by atoms with E-state index >= 15 is 0 Å². The highest BCUT2D eigenvalue weighted by atomic mass is 14.6. The molecule has 4 aromatic carbocycles. The third-order valence-corrected chi connectivity index (χ3v) is 12.8. The average molecular weight is 799 g/mol. The fourth-order valence-electron chi connectivity index (χ4n) is 8.88. The van der Waals surface area contributed by atoms with Gasteiger partial charge in [0.25, 0.3) is 0 Å². The van der Waals surface area contributed by atoms with Crippen molar-refractivity contribution in [1.29, 1.82) is 0 Å². The molecule has 59 heavy (non-hydrogen) atoms. The van der Waals surface area contributed by atoms with E-state index in [1.165, 1.54) is 218 Å². The van der Waals surface area contributed by atoms with Crippen molar-refractivity contribution in [2.24, 2.45) is 0 Å². The summed E-state index contributed by atoms with van der Waals surface area (Å²) in [6.45, 7) is 4.54. The molecule has 0 heterocycles. The number of rotatable bonds is 34. The van der Waals surface area contributed by atoms with Gasteiger partial charge in [0.15, 0.2) is 0 Å². The first kappa shape index (κ1) is 48.1. The molecular formula is C57H86N2. The molecular weight excluding hydrogens is 713 g/mol. The molecule has 0 amide bonds. The van der Waals surface area contributed by atoms with Crippen LogP contribution in [0.15, 0.2) is 84.9 Å². The van der Waals surface area contributed by atoms with E-state index in [1.54, 1.807) is 0 Å². The second kappa shape index (κ2) is 30.5. The molecule has 0 fully saturated rings. The van der Waals surface area contributed by atoms with E-state index in [-0.39, 0.29) is 0 Å². The molecule has 0 aliphatic heterocycles. The number of aryl methyl sites for hydroxylation is 4. The lowest BCUT2D eigenvalue weighted by atomic mass is 9.97. The van der Waals surface area contributed by atoms with Crippen LogP contribution in [0.4, 0.5) is 11.4 Å². The summed E-state index contributed by atoms with van der Waals surface area (Å²) in [6, 6.07) is 32.1. The molecule has 4 rings (SSSR count). The minimum absolute atomic E-state index is 0.955. The Morgan fingerprint density at radius 3 is 0.847 bits per heavy atom. The molecule has 2 heteroatoms. The van der Waals surface area contributed by atoms with E-state index in [0.717, 1.165) is 37.1 Å². The van der Waals surface area contributed by atoms with Gasteiger partial charge in [0.05, 0.1) is 0 Å². The molecule has 324 valence electrons. The number of nitrogens with two attached hydrogens (primary N) is 2. The van der Waals surface area contributed by atoms with Crippen molar-refractivity contribution < 1.29 is 0 Å². The Morgan fingerprint density at radius 1 is 0.271 bits per heavy atom. The van der Waals surface area contributed by atoms with Crippen molar-refractivity contribution in [2.75, 3.05) is 11.5 Å². The van der Waals surface area contributed by atoms with E-state index in [9.17, 15) is 0 Å². The second-order valence-electron chi connectivity index (χ2n) is 18.2. The Balaban J connectivity index is 0.902. The zero-order chi connectivity index (χ0) is 41.6. The topological polar surface area (TPSA) is 52.0 Å². The number of unbranched alkanes of at least 4 members (excludes halogenated alkanes) is 22. The predicted octanol–water partition coefficient (Wildman–Crippen LogP) is 16.7. The summed E-state index contributed by atoms with van der Waals surface area (Å²) >= 11 is 0. The van der Waals surface area contributed by atoms with Gasteiger partial charge in [-0.05, 0) is 121 Å². The molecule has 0 atom stereocenters. The number of anilines is 2. The zero-order valence-corrected chi connectivity index (χ0v) is 38.2. The highest BCUT2D eigenvalue weighted by Crippen LogP contribution is 2.23. The van der Waals surface area contributed by atoms with Crippen LogP contribution in [-0.4, -0.2) is 0 Å². The third kappa shape index (κ3) is 21.0. The Hall–Kier alpha value is -3.52. The molecule has 0 radical (unpaired) electrons. The third-order valence-electron chi connectivity index (χ3n) is 12.8. The SMILES string of the molecule is CCCCCCc1cc(Cc2ccc(CCCCCCCCCCCCCCCCCCCc3ccc(Cc4ccc(N)c(CCCCCC)c4)cc3)cc2)ccc1N. The van der Waals surface area contributed by atoms with Gasteiger partial charge in [0, 0.05) is 11.4 Å². The first-order valence-electron chi connectivity index (χ1n) is 24.9. The number of benzene rings is 4. The van der Waals surface area contributed by atoms with Crippen molar-refractivity contribution in [1.82, 2.24) is 0 Å². The Labute approximate surface area is 363 Å². The molecule has 0 saturated carbocycles. The summed E-state index contributed by atoms with van der Waals surface area (Å²) in [6.07, 6.45) is 40.8. The van der Waals surface area contributed by atoms with E-state index in [2.05, 4.69) is 98.8 Å². The fourth-order valence-corrected chi connectivity index (χ4v) is 8.88. The lowest BCUT2D eigenvalue weighted by Gasteiger charge is -2.10. The van der Waals surface area contributed by atoms with Gasteiger partial charge in [-0.3, -0.25) is 0 Å². The predicted molar refractivity (Wildman–Crippen MR) is 262 cm³/mol. The van der Waals surface area contributed by atoms with Crippen LogP contribution in [0.2, 0.25) is 0 Å². The summed E-state index contributed by atoms with van der Waals surface area (Å²) in [4.78, 5) is 0. The Kier molecular flexibility index (Phi) is 24.9. The minimum Gasteiger partial charge on any atom is -0.399 e. The van der Waals surface area contributed by atoms with Crippen LogP contribution >= 0.6 is 0 Å². The van der Waals surface area contributed by atoms with Crippen LogP contribution in [0.5, 0.6) is 0 Å². The van der Waals surface area contributed by atoms with Gasteiger partial charge >= 0.3 is 0 Å². The summed E-state index contributed by atoms with van der Waals surface area (Å²) < 4.78 is 0. The second-order valence-corrected chi connectivity index (χ2v) is 18.2. The normalized spacial score (nSPS) is 11.4. The monoisotopic (exact) mass is 799 g/mol. The van der Waals surface area contributed by atoms with Crippen molar-refractivity contribution >= 4 is 11.4 Å². The maximum Gasteiger partial charge on any atom is 0.0346 e. The molecule has 4 aromatic rings. The molecule has 2 nitrogen and oxygen atoms in total. The maximum absolute atomic E-state index is 6.29. The van der Waals surface area contributed by atoms with Crippen LogP contribution in [0.1, 0.15) is 219 Å². The Bertz CT molecular complexity index is 1510. The van der Waals surface area contributed by atoms with Crippen molar-refractivity contribution in [2.45, 2.75) is 213 Å². The van der Waals surface area contributed by atoms with Crippen molar-refractivity contribution in [3.63, 3.8) is 0 Å². The van der Waals surface area contributed by atoms with Gasteiger partial charge < -0.3 is 11.5 Å². The zero-order valence-electron chi connectivity index (χ0n) is 38.2. The van der Waals surface area contributed by atoms with Gasteiger partial charge in [-0.15, -0.1) is 0 Å². The van der Waals surface area contributed by atoms with E-state index in [1.807, 2.05) is 0 Å². The standard InChI is InChI=1S/C57H86N2/c1-3-5-7-26-30-54-46-52(40-42-56(54)58)44-50-36-32-48(33-37-50)28-24-22-20-18-16-14-12-10-9-11-13-15-17-19-21-23-25-29-49-34-38-51(39-35-49)45-53-41-43-57(59)55(47-53)31-27-8-6-4-2/h32-43,46-47H,3-31,44-45,58-59H2,1-2H3. The quantitative estimate of drug-likeness (QED) is 0.0365. The van der Waals surface area contributed by atoms with Crippen LogP contribution in [0.3, 0.4) is 0 Å². The molecule has 0 bridgehead atoms. The van der Waals surface area contributed by atoms with E-state index in [4.69, 9.17) is 11.5 Å². The molecule has 0 unspecified atom stereocenters. The first-order chi connectivity index (χ1) is 29.0. The molecule has 0 spiro atoms. The van der Waals surface area contributed by atoms with Gasteiger partial charge in [-0.2, -0.15) is 0 Å². The van der Waals surface area contributed by atoms with Crippen molar-refractivity contribution in [3.05, 3.63) is 129 Å². The van der Waals surface area contributed by atoms with Crippen LogP contribution in [0, 0.1) is 0 Å². The lowest BCUT2D eigenvalue weighted by molar-refractivity contribution is 0.525. The molecule has 0 saturated heterocycles. The van der Waals surface area contributed by atoms with Crippen molar-refractivity contribution in [3.8, 4) is 0 Å². The largest absolute Gasteiger partial charge is 0.399 e. The molecule has 0 aliphatic carbocycles. The van der Waals surface area contributed by atoms with Gasteiger partial charge in [0.1, 0.15) is 0 Å².